The first-order valence-corrected chi connectivity index (χ1v) is 6.86. The summed E-state index contributed by atoms with van der Waals surface area (Å²) in [5.74, 6) is 0.0354. The topological polar surface area (TPSA) is 60.9 Å². The van der Waals surface area contributed by atoms with E-state index in [0.29, 0.717) is 38.5 Å². The number of likely N-dealkylation sites (tertiary alicyclic amines) is 1. The third-order valence-corrected chi connectivity index (χ3v) is 3.77. The zero-order valence-corrected chi connectivity index (χ0v) is 11.0. The Kier molecular flexibility index (Phi) is 4.22. The summed E-state index contributed by atoms with van der Waals surface area (Å²) in [6.45, 7) is 3.86. The lowest BCUT2D eigenvalue weighted by atomic mass is 10.1. The molecule has 2 fully saturated rings. The molecule has 1 saturated carbocycles. The summed E-state index contributed by atoms with van der Waals surface area (Å²) >= 11 is 0. The Morgan fingerprint density at radius 1 is 1.50 bits per heavy atom. The zero-order chi connectivity index (χ0) is 13.1. The fraction of sp³-hybridized carbons (Fsp3) is 0.846. The molecule has 0 bridgehead atoms. The highest BCUT2D eigenvalue weighted by Gasteiger charge is 2.42. The predicted octanol–water partition coefficient (Wildman–Crippen LogP) is 0.228. The summed E-state index contributed by atoms with van der Waals surface area (Å²) in [5, 5.41) is 8.82. The summed E-state index contributed by atoms with van der Waals surface area (Å²) in [7, 11) is 0. The van der Waals surface area contributed by atoms with E-state index in [9.17, 15) is 9.59 Å². The Morgan fingerprint density at radius 3 is 2.78 bits per heavy atom. The number of hydrogen-bond donors (Lipinski definition) is 1. The fourth-order valence-electron chi connectivity index (χ4n) is 2.58. The maximum atomic E-state index is 12.3. The second-order valence-electron chi connectivity index (χ2n) is 5.17. The van der Waals surface area contributed by atoms with Crippen LogP contribution in [0.25, 0.3) is 0 Å². The monoisotopic (exact) mass is 254 g/mol. The highest BCUT2D eigenvalue weighted by Crippen LogP contribution is 2.33. The van der Waals surface area contributed by atoms with Gasteiger partial charge in [0, 0.05) is 38.7 Å². The summed E-state index contributed by atoms with van der Waals surface area (Å²) < 4.78 is 0. The van der Waals surface area contributed by atoms with Crippen molar-refractivity contribution in [1.82, 2.24) is 9.80 Å². The van der Waals surface area contributed by atoms with Crippen molar-refractivity contribution in [2.45, 2.75) is 38.6 Å². The molecule has 1 N–H and O–H groups in total. The molecular formula is C13H22N2O3. The van der Waals surface area contributed by atoms with E-state index in [2.05, 4.69) is 0 Å². The van der Waals surface area contributed by atoms with Crippen LogP contribution in [0.3, 0.4) is 0 Å². The van der Waals surface area contributed by atoms with Gasteiger partial charge in [0.05, 0.1) is 5.92 Å². The van der Waals surface area contributed by atoms with Crippen LogP contribution in [-0.4, -0.2) is 59.0 Å². The fourth-order valence-corrected chi connectivity index (χ4v) is 2.58. The molecule has 18 heavy (non-hydrogen) atoms. The van der Waals surface area contributed by atoms with Gasteiger partial charge in [-0.2, -0.15) is 0 Å². The van der Waals surface area contributed by atoms with Gasteiger partial charge in [-0.3, -0.25) is 9.59 Å². The Hall–Kier alpha value is -1.10. The highest BCUT2D eigenvalue weighted by molar-refractivity contribution is 5.89. The maximum absolute atomic E-state index is 12.3. The molecule has 0 radical (unpaired) electrons. The van der Waals surface area contributed by atoms with Crippen LogP contribution in [0.4, 0.5) is 0 Å². The van der Waals surface area contributed by atoms with E-state index in [1.807, 2.05) is 11.8 Å². The zero-order valence-electron chi connectivity index (χ0n) is 11.0. The lowest BCUT2D eigenvalue weighted by molar-refractivity contribution is -0.135. The van der Waals surface area contributed by atoms with Crippen molar-refractivity contribution in [3.05, 3.63) is 0 Å². The van der Waals surface area contributed by atoms with Crippen molar-refractivity contribution >= 4 is 11.8 Å². The minimum Gasteiger partial charge on any atom is -0.396 e. The Morgan fingerprint density at radius 2 is 2.22 bits per heavy atom. The van der Waals surface area contributed by atoms with E-state index in [0.717, 1.165) is 12.8 Å². The number of aliphatic hydroxyl groups is 1. The molecule has 2 aliphatic rings. The highest BCUT2D eigenvalue weighted by atomic mass is 16.3. The summed E-state index contributed by atoms with van der Waals surface area (Å²) in [6.07, 6.45) is 3.15. The standard InChI is InChI=1S/C13H22N2O3/c1-2-14(6-3-7-16)13(18)10-8-12(17)15(9-10)11-4-5-11/h10-11,16H,2-9H2,1H3. The van der Waals surface area contributed by atoms with Crippen LogP contribution < -0.4 is 0 Å². The van der Waals surface area contributed by atoms with Gasteiger partial charge < -0.3 is 14.9 Å². The molecular weight excluding hydrogens is 232 g/mol. The lowest BCUT2D eigenvalue weighted by Gasteiger charge is -2.24. The second kappa shape index (κ2) is 5.69. The van der Waals surface area contributed by atoms with Crippen LogP contribution >= 0.6 is 0 Å². The third kappa shape index (κ3) is 2.83. The molecule has 1 heterocycles. The quantitative estimate of drug-likeness (QED) is 0.738. The number of amides is 2. The number of aliphatic hydroxyl groups excluding tert-OH is 1. The average molecular weight is 254 g/mol. The molecule has 0 aromatic heterocycles. The van der Waals surface area contributed by atoms with Crippen LogP contribution in [0, 0.1) is 5.92 Å². The third-order valence-electron chi connectivity index (χ3n) is 3.77. The SMILES string of the molecule is CCN(CCCO)C(=O)C1CC(=O)N(C2CC2)C1. The van der Waals surface area contributed by atoms with E-state index in [1.165, 1.54) is 0 Å². The Bertz CT molecular complexity index is 328. The molecule has 0 aromatic carbocycles. The van der Waals surface area contributed by atoms with E-state index in [4.69, 9.17) is 5.11 Å². The minimum absolute atomic E-state index is 0.0717. The molecule has 1 aliphatic carbocycles. The molecule has 102 valence electrons. The summed E-state index contributed by atoms with van der Waals surface area (Å²) in [4.78, 5) is 27.7. The van der Waals surface area contributed by atoms with Crippen LogP contribution in [0.5, 0.6) is 0 Å². The second-order valence-corrected chi connectivity index (χ2v) is 5.17. The Labute approximate surface area is 108 Å². The van der Waals surface area contributed by atoms with E-state index < -0.39 is 0 Å². The summed E-state index contributed by atoms with van der Waals surface area (Å²) in [6, 6.07) is 0.405. The largest absolute Gasteiger partial charge is 0.396 e. The van der Waals surface area contributed by atoms with Gasteiger partial charge in [0.1, 0.15) is 0 Å². The van der Waals surface area contributed by atoms with Gasteiger partial charge in [0.2, 0.25) is 11.8 Å². The maximum Gasteiger partial charge on any atom is 0.227 e. The first-order chi connectivity index (χ1) is 8.67. The number of hydrogen-bond acceptors (Lipinski definition) is 3. The smallest absolute Gasteiger partial charge is 0.227 e. The van der Waals surface area contributed by atoms with Gasteiger partial charge in [-0.15, -0.1) is 0 Å². The predicted molar refractivity (Wildman–Crippen MR) is 66.8 cm³/mol. The molecule has 0 spiro atoms. The molecule has 0 aromatic rings. The van der Waals surface area contributed by atoms with E-state index >= 15 is 0 Å². The van der Waals surface area contributed by atoms with Crippen molar-refractivity contribution < 1.29 is 14.7 Å². The van der Waals surface area contributed by atoms with Crippen LogP contribution in [0.2, 0.25) is 0 Å². The minimum atomic E-state index is -0.170. The van der Waals surface area contributed by atoms with Crippen molar-refractivity contribution in [2.24, 2.45) is 5.92 Å². The molecule has 1 saturated heterocycles. The average Bonchev–Trinajstić information content (AvgIpc) is 3.13. The van der Waals surface area contributed by atoms with Crippen LogP contribution in [-0.2, 0) is 9.59 Å². The van der Waals surface area contributed by atoms with Gasteiger partial charge >= 0.3 is 0 Å². The molecule has 1 unspecified atom stereocenters. The van der Waals surface area contributed by atoms with Crippen LogP contribution in [0.15, 0.2) is 0 Å². The number of carbonyl (C=O) groups excluding carboxylic acids is 2. The molecule has 2 rings (SSSR count). The van der Waals surface area contributed by atoms with Crippen molar-refractivity contribution in [1.29, 1.82) is 0 Å². The summed E-state index contributed by atoms with van der Waals surface area (Å²) in [5.41, 5.74) is 0. The molecule has 5 heteroatoms. The van der Waals surface area contributed by atoms with Gasteiger partial charge in [-0.1, -0.05) is 0 Å². The van der Waals surface area contributed by atoms with E-state index in [-0.39, 0.29) is 24.3 Å². The van der Waals surface area contributed by atoms with E-state index in [1.54, 1.807) is 4.90 Å². The number of nitrogens with zero attached hydrogens (tertiary/aromatic N) is 2. The van der Waals surface area contributed by atoms with Crippen molar-refractivity contribution in [3.63, 3.8) is 0 Å². The molecule has 2 amide bonds. The Balaban J connectivity index is 1.90. The van der Waals surface area contributed by atoms with Gasteiger partial charge in [0.25, 0.3) is 0 Å². The number of carbonyl (C=O) groups is 2. The first-order valence-electron chi connectivity index (χ1n) is 6.86. The lowest BCUT2D eigenvalue weighted by Crippen LogP contribution is -2.38. The number of rotatable bonds is 6. The van der Waals surface area contributed by atoms with Crippen LogP contribution in [0.1, 0.15) is 32.6 Å². The first kappa shape index (κ1) is 13.3. The van der Waals surface area contributed by atoms with Crippen molar-refractivity contribution in [2.75, 3.05) is 26.2 Å². The van der Waals surface area contributed by atoms with Crippen molar-refractivity contribution in [3.8, 4) is 0 Å². The van der Waals surface area contributed by atoms with Gasteiger partial charge in [-0.05, 0) is 26.2 Å². The molecule has 5 nitrogen and oxygen atoms in total. The van der Waals surface area contributed by atoms with Gasteiger partial charge in [-0.25, -0.2) is 0 Å². The molecule has 1 atom stereocenters. The molecule has 1 aliphatic heterocycles. The normalized spacial score (nSPS) is 23.6. The van der Waals surface area contributed by atoms with Gasteiger partial charge in [0.15, 0.2) is 0 Å².